The molecule has 2 aromatic rings. The van der Waals surface area contributed by atoms with Crippen LogP contribution in [0.25, 0.3) is 0 Å². The lowest BCUT2D eigenvalue weighted by Gasteiger charge is -2.20. The number of benzene rings is 2. The van der Waals surface area contributed by atoms with Gasteiger partial charge in [0.15, 0.2) is 0 Å². The number of rotatable bonds is 2. The van der Waals surface area contributed by atoms with Crippen molar-refractivity contribution in [3.8, 4) is 5.75 Å². The van der Waals surface area contributed by atoms with E-state index in [4.69, 9.17) is 4.74 Å². The van der Waals surface area contributed by atoms with Gasteiger partial charge in [0.25, 0.3) is 0 Å². The molecular weight excluding hydrogens is 305 g/mol. The van der Waals surface area contributed by atoms with Crippen LogP contribution in [-0.4, -0.2) is 25.9 Å². The minimum Gasteiger partial charge on any atom is -0.492 e. The van der Waals surface area contributed by atoms with E-state index in [2.05, 4.69) is 0 Å². The highest BCUT2D eigenvalue weighted by Gasteiger charge is 2.28. The van der Waals surface area contributed by atoms with Gasteiger partial charge in [-0.05, 0) is 36.8 Å². The summed E-state index contributed by atoms with van der Waals surface area (Å²) in [6, 6.07) is 11.1. The van der Waals surface area contributed by atoms with E-state index in [1.54, 1.807) is 6.92 Å². The smallest absolute Gasteiger partial charge is 0.243 e. The van der Waals surface area contributed by atoms with Crippen molar-refractivity contribution in [3.05, 3.63) is 59.4 Å². The topological polar surface area (TPSA) is 46.6 Å². The zero-order chi connectivity index (χ0) is 15.7. The maximum atomic E-state index is 13.2. The van der Waals surface area contributed by atoms with Crippen LogP contribution in [0.4, 0.5) is 4.39 Å². The van der Waals surface area contributed by atoms with E-state index < -0.39 is 15.8 Å². The molecule has 3 rings (SSSR count). The molecule has 0 amide bonds. The summed E-state index contributed by atoms with van der Waals surface area (Å²) in [5.74, 6) is 0.261. The van der Waals surface area contributed by atoms with Crippen molar-refractivity contribution in [2.24, 2.45) is 0 Å². The average Bonchev–Trinajstić information content (AvgIpc) is 2.69. The summed E-state index contributed by atoms with van der Waals surface area (Å²) in [6.07, 6.45) is 0. The van der Waals surface area contributed by atoms with Crippen molar-refractivity contribution in [1.29, 1.82) is 0 Å². The fraction of sp³-hybridized carbons (Fsp3) is 0.250. The van der Waals surface area contributed by atoms with Gasteiger partial charge in [-0.3, -0.25) is 0 Å². The van der Waals surface area contributed by atoms with Crippen molar-refractivity contribution in [1.82, 2.24) is 4.31 Å². The standard InChI is InChI=1S/C16H16FNO3S/c1-12-10-14(17)6-7-16(12)22(19,20)18-8-9-21-15-5-3-2-4-13(15)11-18/h2-7,10H,8-9,11H2,1H3. The Morgan fingerprint density at radius 1 is 1.18 bits per heavy atom. The van der Waals surface area contributed by atoms with E-state index in [-0.39, 0.29) is 24.6 Å². The second-order valence-corrected chi connectivity index (χ2v) is 7.11. The molecule has 4 nitrogen and oxygen atoms in total. The Labute approximate surface area is 129 Å². The predicted octanol–water partition coefficient (Wildman–Crippen LogP) is 2.72. The number of para-hydroxylation sites is 1. The summed E-state index contributed by atoms with van der Waals surface area (Å²) < 4.78 is 45.8. The van der Waals surface area contributed by atoms with Gasteiger partial charge in [-0.2, -0.15) is 4.31 Å². The third kappa shape index (κ3) is 2.71. The molecule has 0 fully saturated rings. The Morgan fingerprint density at radius 3 is 2.73 bits per heavy atom. The largest absolute Gasteiger partial charge is 0.492 e. The number of sulfonamides is 1. The van der Waals surface area contributed by atoms with Crippen LogP contribution in [0.3, 0.4) is 0 Å². The first kappa shape index (κ1) is 15.0. The Morgan fingerprint density at radius 2 is 1.95 bits per heavy atom. The summed E-state index contributed by atoms with van der Waals surface area (Å²) in [6.45, 7) is 2.39. The number of hydrogen-bond donors (Lipinski definition) is 0. The van der Waals surface area contributed by atoms with Gasteiger partial charge in [0.2, 0.25) is 10.0 Å². The number of ether oxygens (including phenoxy) is 1. The second kappa shape index (κ2) is 5.70. The number of nitrogens with zero attached hydrogens (tertiary/aromatic N) is 1. The highest BCUT2D eigenvalue weighted by atomic mass is 32.2. The van der Waals surface area contributed by atoms with E-state index in [1.165, 1.54) is 22.5 Å². The summed E-state index contributed by atoms with van der Waals surface area (Å²) in [4.78, 5) is 0.133. The van der Waals surface area contributed by atoms with Crippen LogP contribution in [0.15, 0.2) is 47.4 Å². The molecule has 0 saturated heterocycles. The van der Waals surface area contributed by atoms with E-state index in [1.807, 2.05) is 24.3 Å². The molecule has 1 heterocycles. The second-order valence-electron chi connectivity index (χ2n) is 5.20. The van der Waals surface area contributed by atoms with Gasteiger partial charge in [-0.15, -0.1) is 0 Å². The van der Waals surface area contributed by atoms with Crippen LogP contribution in [0.5, 0.6) is 5.75 Å². The van der Waals surface area contributed by atoms with E-state index >= 15 is 0 Å². The van der Waals surface area contributed by atoms with E-state index in [0.29, 0.717) is 11.3 Å². The Kier molecular flexibility index (Phi) is 3.88. The Hall–Kier alpha value is -1.92. The van der Waals surface area contributed by atoms with Crippen LogP contribution in [0, 0.1) is 12.7 Å². The van der Waals surface area contributed by atoms with Gasteiger partial charge < -0.3 is 4.74 Å². The van der Waals surface area contributed by atoms with Crippen LogP contribution >= 0.6 is 0 Å². The molecule has 1 aliphatic rings. The number of aryl methyl sites for hydroxylation is 1. The van der Waals surface area contributed by atoms with Crippen molar-refractivity contribution >= 4 is 10.0 Å². The van der Waals surface area contributed by atoms with Crippen molar-refractivity contribution in [3.63, 3.8) is 0 Å². The fourth-order valence-corrected chi connectivity index (χ4v) is 4.16. The molecule has 0 radical (unpaired) electrons. The molecule has 0 unspecified atom stereocenters. The zero-order valence-corrected chi connectivity index (χ0v) is 12.9. The molecule has 0 saturated carbocycles. The molecule has 6 heteroatoms. The third-order valence-electron chi connectivity index (χ3n) is 3.67. The minimum atomic E-state index is -3.69. The summed E-state index contributed by atoms with van der Waals surface area (Å²) in [7, 11) is -3.69. The molecule has 0 aromatic heterocycles. The highest BCUT2D eigenvalue weighted by Crippen LogP contribution is 2.27. The van der Waals surface area contributed by atoms with Crippen LogP contribution in [-0.2, 0) is 16.6 Å². The molecular formula is C16H16FNO3S. The third-order valence-corrected chi connectivity index (χ3v) is 5.68. The van der Waals surface area contributed by atoms with Crippen LogP contribution in [0.2, 0.25) is 0 Å². The molecule has 0 atom stereocenters. The zero-order valence-electron chi connectivity index (χ0n) is 12.1. The van der Waals surface area contributed by atoms with Gasteiger partial charge in [0.05, 0.1) is 4.90 Å². The molecule has 2 aromatic carbocycles. The predicted molar refractivity (Wildman–Crippen MR) is 80.7 cm³/mol. The summed E-state index contributed by atoms with van der Waals surface area (Å²) >= 11 is 0. The van der Waals surface area contributed by atoms with Gasteiger partial charge in [-0.25, -0.2) is 12.8 Å². The lowest BCUT2D eigenvalue weighted by Crippen LogP contribution is -2.33. The molecule has 1 aliphatic heterocycles. The lowest BCUT2D eigenvalue weighted by molar-refractivity contribution is 0.293. The SMILES string of the molecule is Cc1cc(F)ccc1S(=O)(=O)N1CCOc2ccccc2C1. The first-order valence-electron chi connectivity index (χ1n) is 6.95. The van der Waals surface area contributed by atoms with Crippen LogP contribution in [0.1, 0.15) is 11.1 Å². The maximum Gasteiger partial charge on any atom is 0.243 e. The fourth-order valence-electron chi connectivity index (χ4n) is 2.55. The first-order chi connectivity index (χ1) is 10.5. The number of fused-ring (bicyclic) bond motifs is 1. The number of halogens is 1. The first-order valence-corrected chi connectivity index (χ1v) is 8.39. The van der Waals surface area contributed by atoms with Gasteiger partial charge in [-0.1, -0.05) is 18.2 Å². The summed E-state index contributed by atoms with van der Waals surface area (Å²) in [5.41, 5.74) is 1.22. The average molecular weight is 321 g/mol. The molecule has 116 valence electrons. The molecule has 0 bridgehead atoms. The highest BCUT2D eigenvalue weighted by molar-refractivity contribution is 7.89. The molecule has 0 N–H and O–H groups in total. The Bertz CT molecular complexity index is 805. The molecule has 22 heavy (non-hydrogen) atoms. The monoisotopic (exact) mass is 321 g/mol. The molecule has 0 aliphatic carbocycles. The maximum absolute atomic E-state index is 13.2. The van der Waals surface area contributed by atoms with Crippen molar-refractivity contribution in [2.75, 3.05) is 13.2 Å². The van der Waals surface area contributed by atoms with Crippen molar-refractivity contribution < 1.29 is 17.5 Å². The van der Waals surface area contributed by atoms with E-state index in [0.717, 1.165) is 5.56 Å². The number of hydrogen-bond acceptors (Lipinski definition) is 3. The normalized spacial score (nSPS) is 15.7. The van der Waals surface area contributed by atoms with Gasteiger partial charge >= 0.3 is 0 Å². The molecule has 0 spiro atoms. The Balaban J connectivity index is 1.99. The van der Waals surface area contributed by atoms with Crippen molar-refractivity contribution in [2.45, 2.75) is 18.4 Å². The van der Waals surface area contributed by atoms with Crippen LogP contribution < -0.4 is 4.74 Å². The van der Waals surface area contributed by atoms with Gasteiger partial charge in [0, 0.05) is 18.7 Å². The quantitative estimate of drug-likeness (QED) is 0.854. The summed E-state index contributed by atoms with van der Waals surface area (Å²) in [5, 5.41) is 0. The minimum absolute atomic E-state index is 0.133. The van der Waals surface area contributed by atoms with E-state index in [9.17, 15) is 12.8 Å². The van der Waals surface area contributed by atoms with Gasteiger partial charge in [0.1, 0.15) is 18.2 Å². The lowest BCUT2D eigenvalue weighted by atomic mass is 10.2.